The number of aromatic nitrogens is 1. The molecule has 3 aromatic carbocycles. The molecule has 35 heavy (non-hydrogen) atoms. The van der Waals surface area contributed by atoms with Gasteiger partial charge in [0.25, 0.3) is 0 Å². The fraction of sp³-hybridized carbons (Fsp3) is 0.286. The van der Waals surface area contributed by atoms with Crippen molar-refractivity contribution < 1.29 is 9.53 Å². The minimum atomic E-state index is -0.394. The summed E-state index contributed by atoms with van der Waals surface area (Å²) in [5.41, 5.74) is 2.96. The van der Waals surface area contributed by atoms with Crippen LogP contribution in [-0.4, -0.2) is 61.4 Å². The van der Waals surface area contributed by atoms with E-state index in [1.165, 1.54) is 0 Å². The van der Waals surface area contributed by atoms with Crippen LogP contribution in [-0.2, 0) is 9.53 Å². The van der Waals surface area contributed by atoms with Gasteiger partial charge >= 0.3 is 0 Å². The fourth-order valence-electron chi connectivity index (χ4n) is 4.48. The summed E-state index contributed by atoms with van der Waals surface area (Å²) in [6, 6.07) is 26.4. The van der Waals surface area contributed by atoms with Gasteiger partial charge < -0.3 is 4.74 Å². The van der Waals surface area contributed by atoms with Crippen LogP contribution in [0.15, 0.2) is 83.8 Å². The Hall–Kier alpha value is -2.71. The average molecular weight is 504 g/mol. The van der Waals surface area contributed by atoms with Gasteiger partial charge in [0, 0.05) is 31.1 Å². The van der Waals surface area contributed by atoms with Crippen LogP contribution in [0.5, 0.6) is 0 Å². The fourth-order valence-corrected chi connectivity index (χ4v) is 6.13. The van der Waals surface area contributed by atoms with Crippen LogP contribution in [0.2, 0.25) is 0 Å². The Balaban J connectivity index is 1.54. The lowest BCUT2D eigenvalue weighted by molar-refractivity contribution is -0.119. The van der Waals surface area contributed by atoms with Crippen molar-refractivity contribution in [1.82, 2.24) is 9.88 Å². The smallest absolute Gasteiger partial charge is 0.240 e. The third-order valence-corrected chi connectivity index (χ3v) is 8.16. The Morgan fingerprint density at radius 3 is 2.29 bits per heavy atom. The van der Waals surface area contributed by atoms with Gasteiger partial charge in [0.1, 0.15) is 0 Å². The lowest BCUT2D eigenvalue weighted by atomic mass is 9.90. The van der Waals surface area contributed by atoms with Crippen LogP contribution >= 0.6 is 23.1 Å². The predicted octanol–water partition coefficient (Wildman–Crippen LogP) is 5.52. The van der Waals surface area contributed by atoms with E-state index in [0.717, 1.165) is 64.2 Å². The third kappa shape index (κ3) is 5.43. The first kappa shape index (κ1) is 24.0. The lowest BCUT2D eigenvalue weighted by Gasteiger charge is -2.31. The van der Waals surface area contributed by atoms with Crippen molar-refractivity contribution >= 4 is 44.4 Å². The molecule has 1 aliphatic heterocycles. The summed E-state index contributed by atoms with van der Waals surface area (Å²) >= 11 is 3.28. The first-order valence-corrected chi connectivity index (χ1v) is 13.9. The molecule has 0 bridgehead atoms. The molecule has 0 unspecified atom stereocenters. The molecule has 180 valence electrons. The average Bonchev–Trinajstić information content (AvgIpc) is 3.35. The molecule has 0 aliphatic carbocycles. The predicted molar refractivity (Wildman–Crippen MR) is 146 cm³/mol. The Kier molecular flexibility index (Phi) is 7.79. The molecule has 5 rings (SSSR count). The zero-order valence-corrected chi connectivity index (χ0v) is 21.4. The molecule has 1 fully saturated rings. The van der Waals surface area contributed by atoms with E-state index >= 15 is 0 Å². The highest BCUT2D eigenvalue weighted by molar-refractivity contribution is 7.98. The summed E-state index contributed by atoms with van der Waals surface area (Å²) < 4.78 is 6.63. The first-order valence-electron chi connectivity index (χ1n) is 11.9. The molecule has 1 aliphatic rings. The van der Waals surface area contributed by atoms with Crippen LogP contribution in [0.3, 0.4) is 0 Å². The van der Waals surface area contributed by atoms with Crippen molar-refractivity contribution in [3.05, 3.63) is 90.0 Å². The number of hydrogen-bond donors (Lipinski definition) is 0. The Bertz CT molecular complexity index is 1220. The van der Waals surface area contributed by atoms with Crippen LogP contribution in [0.4, 0.5) is 5.13 Å². The van der Waals surface area contributed by atoms with Gasteiger partial charge in [-0.1, -0.05) is 78.1 Å². The number of anilines is 1. The number of para-hydroxylation sites is 1. The minimum Gasteiger partial charge on any atom is -0.379 e. The van der Waals surface area contributed by atoms with Gasteiger partial charge in [-0.3, -0.25) is 14.6 Å². The van der Waals surface area contributed by atoms with E-state index in [9.17, 15) is 4.79 Å². The van der Waals surface area contributed by atoms with E-state index in [4.69, 9.17) is 9.72 Å². The zero-order chi connectivity index (χ0) is 24.0. The van der Waals surface area contributed by atoms with Crippen molar-refractivity contribution in [1.29, 1.82) is 0 Å². The second-order valence-corrected chi connectivity index (χ2v) is 10.4. The van der Waals surface area contributed by atoms with Crippen molar-refractivity contribution in [3.63, 3.8) is 0 Å². The van der Waals surface area contributed by atoms with Gasteiger partial charge in [-0.25, -0.2) is 4.98 Å². The van der Waals surface area contributed by atoms with E-state index in [0.29, 0.717) is 6.54 Å². The molecule has 0 atom stereocenters. The highest BCUT2D eigenvalue weighted by atomic mass is 32.2. The van der Waals surface area contributed by atoms with Gasteiger partial charge in [0.15, 0.2) is 5.13 Å². The molecule has 1 amide bonds. The van der Waals surface area contributed by atoms with Gasteiger partial charge in [0.2, 0.25) is 5.91 Å². The summed E-state index contributed by atoms with van der Waals surface area (Å²) in [7, 11) is 0. The van der Waals surface area contributed by atoms with E-state index in [1.54, 1.807) is 23.1 Å². The maximum absolute atomic E-state index is 14.4. The molecule has 0 N–H and O–H groups in total. The highest BCUT2D eigenvalue weighted by Gasteiger charge is 2.30. The number of thiazole rings is 1. The van der Waals surface area contributed by atoms with Crippen molar-refractivity contribution in [2.75, 3.05) is 50.5 Å². The SMILES string of the molecule is CSc1cccc2sc(N(CCN3CCOCC3)C(=O)C(c3ccccc3)c3ccccc3)nc12. The van der Waals surface area contributed by atoms with Crippen LogP contribution in [0, 0.1) is 0 Å². The molecule has 1 saturated heterocycles. The molecule has 2 heterocycles. The number of morpholine rings is 1. The van der Waals surface area contributed by atoms with E-state index in [1.807, 2.05) is 65.6 Å². The summed E-state index contributed by atoms with van der Waals surface area (Å²) in [5, 5.41) is 0.761. The molecule has 0 radical (unpaired) electrons. The van der Waals surface area contributed by atoms with E-state index < -0.39 is 5.92 Å². The second-order valence-electron chi connectivity index (χ2n) is 8.50. The number of carbonyl (C=O) groups excluding carboxylic acids is 1. The number of hydrogen-bond acceptors (Lipinski definition) is 6. The molecule has 7 heteroatoms. The molecule has 0 spiro atoms. The van der Waals surface area contributed by atoms with Crippen molar-refractivity contribution in [2.45, 2.75) is 10.8 Å². The summed E-state index contributed by atoms with van der Waals surface area (Å²) in [6.07, 6.45) is 2.07. The standard InChI is InChI=1S/C28H29N3O2S2/c1-34-23-13-8-14-24-26(23)29-28(35-24)31(16-15-30-17-19-33-20-18-30)27(32)25(21-9-4-2-5-10-21)22-11-6-3-7-12-22/h2-14,25H,15-20H2,1H3. The number of benzene rings is 3. The molecular weight excluding hydrogens is 474 g/mol. The number of nitrogens with zero attached hydrogens (tertiary/aromatic N) is 3. The maximum Gasteiger partial charge on any atom is 0.240 e. The number of rotatable bonds is 8. The monoisotopic (exact) mass is 503 g/mol. The van der Waals surface area contributed by atoms with E-state index in [-0.39, 0.29) is 5.91 Å². The van der Waals surface area contributed by atoms with Crippen LogP contribution in [0.1, 0.15) is 17.0 Å². The Morgan fingerprint density at radius 1 is 1.00 bits per heavy atom. The number of thioether (sulfide) groups is 1. The number of amides is 1. The second kappa shape index (κ2) is 11.4. The molecule has 1 aromatic heterocycles. The van der Waals surface area contributed by atoms with Gasteiger partial charge in [-0.2, -0.15) is 0 Å². The highest BCUT2D eigenvalue weighted by Crippen LogP contribution is 2.36. The Labute approximate surface area is 214 Å². The number of ether oxygens (including phenoxy) is 1. The summed E-state index contributed by atoms with van der Waals surface area (Å²) in [4.78, 5) is 24.8. The largest absolute Gasteiger partial charge is 0.379 e. The van der Waals surface area contributed by atoms with Crippen LogP contribution < -0.4 is 4.90 Å². The van der Waals surface area contributed by atoms with Gasteiger partial charge in [-0.15, -0.1) is 11.8 Å². The first-order chi connectivity index (χ1) is 17.2. The topological polar surface area (TPSA) is 45.7 Å². The van der Waals surface area contributed by atoms with Gasteiger partial charge in [0.05, 0.1) is 29.3 Å². The molecule has 4 aromatic rings. The molecule has 5 nitrogen and oxygen atoms in total. The maximum atomic E-state index is 14.4. The summed E-state index contributed by atoms with van der Waals surface area (Å²) in [5.74, 6) is -0.338. The van der Waals surface area contributed by atoms with E-state index in [2.05, 4.69) is 29.4 Å². The molecular formula is C28H29N3O2S2. The van der Waals surface area contributed by atoms with Crippen molar-refractivity contribution in [2.24, 2.45) is 0 Å². The third-order valence-electron chi connectivity index (χ3n) is 6.34. The van der Waals surface area contributed by atoms with Crippen molar-refractivity contribution in [3.8, 4) is 0 Å². The minimum absolute atomic E-state index is 0.0559. The lowest BCUT2D eigenvalue weighted by Crippen LogP contribution is -2.44. The zero-order valence-electron chi connectivity index (χ0n) is 19.8. The number of carbonyl (C=O) groups is 1. The number of fused-ring (bicyclic) bond motifs is 1. The molecule has 0 saturated carbocycles. The summed E-state index contributed by atoms with van der Waals surface area (Å²) in [6.45, 7) is 4.63. The quantitative estimate of drug-likeness (QED) is 0.297. The normalized spacial score (nSPS) is 14.5. The van der Waals surface area contributed by atoms with Gasteiger partial charge in [-0.05, 0) is 29.5 Å². The van der Waals surface area contributed by atoms with Crippen LogP contribution in [0.25, 0.3) is 10.2 Å². The Morgan fingerprint density at radius 2 is 1.66 bits per heavy atom.